The van der Waals surface area contributed by atoms with E-state index in [1.807, 2.05) is 0 Å². The zero-order chi connectivity index (χ0) is 15.5. The zero-order valence-electron chi connectivity index (χ0n) is 11.0. The van der Waals surface area contributed by atoms with E-state index in [9.17, 15) is 18.0 Å². The summed E-state index contributed by atoms with van der Waals surface area (Å²) >= 11 is 0. The summed E-state index contributed by atoms with van der Waals surface area (Å²) in [6.45, 7) is 0. The van der Waals surface area contributed by atoms with Crippen molar-refractivity contribution in [3.63, 3.8) is 0 Å². The summed E-state index contributed by atoms with van der Waals surface area (Å²) in [4.78, 5) is 10.8. The fourth-order valence-electron chi connectivity index (χ4n) is 1.83. The van der Waals surface area contributed by atoms with Gasteiger partial charge in [0.15, 0.2) is 6.29 Å². The number of hydrogen-bond acceptors (Lipinski definition) is 3. The lowest BCUT2D eigenvalue weighted by Gasteiger charge is -2.12. The van der Waals surface area contributed by atoms with E-state index < -0.39 is 12.1 Å². The number of rotatable bonds is 4. The monoisotopic (exact) mass is 296 g/mol. The fraction of sp³-hybridized carbons (Fsp3) is 0.133. The molecule has 6 heteroatoms. The fourth-order valence-corrected chi connectivity index (χ4v) is 1.83. The van der Waals surface area contributed by atoms with Crippen LogP contribution < -0.4 is 9.47 Å². The van der Waals surface area contributed by atoms with Crippen molar-refractivity contribution in [2.45, 2.75) is 6.36 Å². The molecule has 0 aliphatic heterocycles. The van der Waals surface area contributed by atoms with Crippen LogP contribution in [0.1, 0.15) is 10.4 Å². The Bertz CT molecular complexity index is 651. The molecule has 0 bridgehead atoms. The Morgan fingerprint density at radius 2 is 1.76 bits per heavy atom. The highest BCUT2D eigenvalue weighted by molar-refractivity contribution is 5.82. The van der Waals surface area contributed by atoms with Crippen molar-refractivity contribution in [1.82, 2.24) is 0 Å². The largest absolute Gasteiger partial charge is 0.573 e. The minimum atomic E-state index is -4.86. The Morgan fingerprint density at radius 3 is 2.38 bits per heavy atom. The molecule has 0 saturated carbocycles. The predicted molar refractivity (Wildman–Crippen MR) is 70.5 cm³/mol. The van der Waals surface area contributed by atoms with Crippen molar-refractivity contribution in [3.8, 4) is 22.6 Å². The number of alkyl halides is 3. The van der Waals surface area contributed by atoms with Crippen molar-refractivity contribution in [3.05, 3.63) is 48.0 Å². The molecule has 21 heavy (non-hydrogen) atoms. The molecule has 0 amide bonds. The highest BCUT2D eigenvalue weighted by atomic mass is 19.4. The van der Waals surface area contributed by atoms with Gasteiger partial charge >= 0.3 is 6.36 Å². The maximum absolute atomic E-state index is 12.4. The highest BCUT2D eigenvalue weighted by Gasteiger charge is 2.32. The summed E-state index contributed by atoms with van der Waals surface area (Å²) in [5.74, 6) is 0.0445. The van der Waals surface area contributed by atoms with Crippen molar-refractivity contribution in [2.75, 3.05) is 7.11 Å². The van der Waals surface area contributed by atoms with Crippen LogP contribution in [0.3, 0.4) is 0 Å². The van der Waals surface area contributed by atoms with Crippen LogP contribution in [0, 0.1) is 0 Å². The molecule has 2 aromatic rings. The third-order valence-corrected chi connectivity index (χ3v) is 2.77. The van der Waals surface area contributed by atoms with Gasteiger partial charge < -0.3 is 9.47 Å². The quantitative estimate of drug-likeness (QED) is 0.798. The normalized spacial score (nSPS) is 11.0. The minimum Gasteiger partial charge on any atom is -0.497 e. The molecule has 0 atom stereocenters. The number of halogens is 3. The second-order valence-electron chi connectivity index (χ2n) is 4.15. The van der Waals surface area contributed by atoms with Gasteiger partial charge in [-0.1, -0.05) is 18.2 Å². The van der Waals surface area contributed by atoms with Crippen LogP contribution in [0.2, 0.25) is 0 Å². The van der Waals surface area contributed by atoms with E-state index in [4.69, 9.17) is 4.74 Å². The molecule has 0 unspecified atom stereocenters. The van der Waals surface area contributed by atoms with Gasteiger partial charge in [0.25, 0.3) is 0 Å². The van der Waals surface area contributed by atoms with Crippen molar-refractivity contribution >= 4 is 6.29 Å². The van der Waals surface area contributed by atoms with Gasteiger partial charge in [-0.25, -0.2) is 0 Å². The Balaban J connectivity index is 2.45. The molecular weight excluding hydrogens is 285 g/mol. The molecule has 0 aliphatic rings. The van der Waals surface area contributed by atoms with E-state index in [0.29, 0.717) is 23.2 Å². The highest BCUT2D eigenvalue weighted by Crippen LogP contribution is 2.31. The number of aldehydes is 1. The average molecular weight is 296 g/mol. The Morgan fingerprint density at radius 1 is 1.05 bits per heavy atom. The summed E-state index contributed by atoms with van der Waals surface area (Å²) < 4.78 is 46.0. The second kappa shape index (κ2) is 5.87. The molecular formula is C15H11F3O3. The van der Waals surface area contributed by atoms with E-state index in [2.05, 4.69) is 4.74 Å². The molecule has 0 spiro atoms. The molecule has 110 valence electrons. The number of benzene rings is 2. The van der Waals surface area contributed by atoms with Crippen LogP contribution in [0.4, 0.5) is 13.2 Å². The Kier molecular flexibility index (Phi) is 4.16. The molecule has 3 nitrogen and oxygen atoms in total. The molecule has 0 fully saturated rings. The van der Waals surface area contributed by atoms with Gasteiger partial charge in [-0.15, -0.1) is 13.2 Å². The summed E-state index contributed by atoms with van der Waals surface area (Å²) in [7, 11) is 1.49. The van der Waals surface area contributed by atoms with Crippen LogP contribution >= 0.6 is 0 Å². The first-order valence-corrected chi connectivity index (χ1v) is 5.92. The van der Waals surface area contributed by atoms with Gasteiger partial charge in [-0.3, -0.25) is 4.79 Å². The summed E-state index contributed by atoms with van der Waals surface area (Å²) in [6.07, 6.45) is -4.54. The lowest BCUT2D eigenvalue weighted by molar-refractivity contribution is -0.274. The topological polar surface area (TPSA) is 35.5 Å². The van der Waals surface area contributed by atoms with Crippen LogP contribution in [-0.4, -0.2) is 19.8 Å². The van der Waals surface area contributed by atoms with Gasteiger partial charge in [0.2, 0.25) is 0 Å². The van der Waals surface area contributed by atoms with E-state index in [-0.39, 0.29) is 5.56 Å². The first-order chi connectivity index (χ1) is 9.93. The number of carbonyl (C=O) groups is 1. The molecule has 0 radical (unpaired) electrons. The van der Waals surface area contributed by atoms with Crippen LogP contribution in [0.15, 0.2) is 42.5 Å². The van der Waals surface area contributed by atoms with Crippen LogP contribution in [0.5, 0.6) is 11.5 Å². The molecule has 2 aromatic carbocycles. The second-order valence-corrected chi connectivity index (χ2v) is 4.15. The van der Waals surface area contributed by atoms with Gasteiger partial charge in [0.1, 0.15) is 11.5 Å². The van der Waals surface area contributed by atoms with Gasteiger partial charge in [-0.2, -0.15) is 0 Å². The average Bonchev–Trinajstić information content (AvgIpc) is 2.45. The van der Waals surface area contributed by atoms with Crippen LogP contribution in [-0.2, 0) is 0 Å². The summed E-state index contributed by atoms with van der Waals surface area (Å²) in [5.41, 5.74) is 0.969. The Labute approximate surface area is 118 Å². The molecule has 2 rings (SSSR count). The van der Waals surface area contributed by atoms with E-state index in [0.717, 1.165) is 0 Å². The number of methoxy groups -OCH3 is 1. The van der Waals surface area contributed by atoms with Gasteiger partial charge in [0, 0.05) is 0 Å². The summed E-state index contributed by atoms with van der Waals surface area (Å²) in [6, 6.07) is 10.8. The molecule has 0 aliphatic carbocycles. The first-order valence-electron chi connectivity index (χ1n) is 5.92. The standard InChI is InChI=1S/C15H11F3O3/c1-20-13-4-2-3-10(7-13)11-5-6-12(9-19)14(8-11)21-15(16,17)18/h2-9H,1H3. The summed E-state index contributed by atoms with van der Waals surface area (Å²) in [5, 5.41) is 0. The van der Waals surface area contributed by atoms with Gasteiger partial charge in [-0.05, 0) is 35.4 Å². The lowest BCUT2D eigenvalue weighted by Crippen LogP contribution is -2.18. The predicted octanol–water partition coefficient (Wildman–Crippen LogP) is 4.07. The minimum absolute atomic E-state index is 0.168. The van der Waals surface area contributed by atoms with E-state index in [1.54, 1.807) is 30.3 Å². The lowest BCUT2D eigenvalue weighted by atomic mass is 10.0. The molecule has 0 saturated heterocycles. The van der Waals surface area contributed by atoms with Gasteiger partial charge in [0.05, 0.1) is 12.7 Å². The third-order valence-electron chi connectivity index (χ3n) is 2.77. The van der Waals surface area contributed by atoms with Crippen molar-refractivity contribution in [1.29, 1.82) is 0 Å². The SMILES string of the molecule is COc1cccc(-c2ccc(C=O)c(OC(F)(F)F)c2)c1. The first kappa shape index (κ1) is 14.9. The van der Waals surface area contributed by atoms with E-state index in [1.165, 1.54) is 19.2 Å². The smallest absolute Gasteiger partial charge is 0.497 e. The Hall–Kier alpha value is -2.50. The molecule has 0 aromatic heterocycles. The third kappa shape index (κ3) is 3.75. The maximum atomic E-state index is 12.4. The van der Waals surface area contributed by atoms with Crippen LogP contribution in [0.25, 0.3) is 11.1 Å². The zero-order valence-corrected chi connectivity index (χ0v) is 11.0. The molecule has 0 heterocycles. The number of hydrogen-bond donors (Lipinski definition) is 0. The number of ether oxygens (including phenoxy) is 2. The van der Waals surface area contributed by atoms with Crippen molar-refractivity contribution < 1.29 is 27.4 Å². The number of carbonyl (C=O) groups excluding carboxylic acids is 1. The maximum Gasteiger partial charge on any atom is 0.573 e. The van der Waals surface area contributed by atoms with Crippen molar-refractivity contribution in [2.24, 2.45) is 0 Å². The molecule has 0 N–H and O–H groups in total. The van der Waals surface area contributed by atoms with E-state index >= 15 is 0 Å².